The van der Waals surface area contributed by atoms with Gasteiger partial charge in [-0.2, -0.15) is 0 Å². The molecule has 25 heavy (non-hydrogen) atoms. The second kappa shape index (κ2) is 6.47. The molecule has 4 nitrogen and oxygen atoms in total. The van der Waals surface area contributed by atoms with Gasteiger partial charge in [0, 0.05) is 30.9 Å². The highest BCUT2D eigenvalue weighted by atomic mass is 19.1. The molecule has 1 aliphatic heterocycles. The number of benzene rings is 1. The van der Waals surface area contributed by atoms with Gasteiger partial charge in [-0.25, -0.2) is 9.37 Å². The van der Waals surface area contributed by atoms with Gasteiger partial charge in [0.05, 0.1) is 0 Å². The number of carbonyl (C=O) groups is 1. The smallest absolute Gasteiger partial charge is 0.228 e. The van der Waals surface area contributed by atoms with E-state index in [4.69, 9.17) is 0 Å². The summed E-state index contributed by atoms with van der Waals surface area (Å²) in [4.78, 5) is 18.3. The summed E-state index contributed by atoms with van der Waals surface area (Å²) >= 11 is 0. The van der Waals surface area contributed by atoms with E-state index in [2.05, 4.69) is 40.3 Å². The third-order valence-electron chi connectivity index (χ3n) is 4.96. The van der Waals surface area contributed by atoms with Gasteiger partial charge in [0.1, 0.15) is 12.0 Å². The second-order valence-electron chi connectivity index (χ2n) is 7.03. The number of rotatable bonds is 4. The number of aryl methyl sites for hydroxylation is 1. The van der Waals surface area contributed by atoms with Crippen LogP contribution in [-0.2, 0) is 4.79 Å². The average molecular weight is 339 g/mol. The Bertz CT molecular complexity index is 803. The highest BCUT2D eigenvalue weighted by Gasteiger charge is 2.29. The second-order valence-corrected chi connectivity index (χ2v) is 7.03. The number of carbonyl (C=O) groups excluding carboxylic acids is 1. The Labute approximate surface area is 147 Å². The molecule has 4 rings (SSSR count). The molecule has 1 saturated heterocycles. The highest BCUT2D eigenvalue weighted by molar-refractivity contribution is 5.93. The molecule has 1 N–H and O–H groups in total. The van der Waals surface area contributed by atoms with Crippen molar-refractivity contribution in [1.29, 1.82) is 0 Å². The molecule has 1 amide bonds. The van der Waals surface area contributed by atoms with Crippen LogP contribution in [0.25, 0.3) is 11.1 Å². The zero-order valence-electron chi connectivity index (χ0n) is 14.3. The van der Waals surface area contributed by atoms with Crippen LogP contribution in [0.15, 0.2) is 36.5 Å². The summed E-state index contributed by atoms with van der Waals surface area (Å²) in [6.07, 6.45) is 3.55. The van der Waals surface area contributed by atoms with Crippen LogP contribution in [0.1, 0.15) is 24.8 Å². The molecule has 1 aliphatic carbocycles. The van der Waals surface area contributed by atoms with Crippen molar-refractivity contribution in [2.24, 2.45) is 5.92 Å². The molecule has 130 valence electrons. The fourth-order valence-electron chi connectivity index (χ4n) is 3.38. The summed E-state index contributed by atoms with van der Waals surface area (Å²) in [5.41, 5.74) is 4.31. The first-order valence-electron chi connectivity index (χ1n) is 8.87. The normalized spacial score (nSPS) is 19.9. The van der Waals surface area contributed by atoms with Crippen LogP contribution in [0.2, 0.25) is 0 Å². The largest absolute Gasteiger partial charge is 0.368 e. The van der Waals surface area contributed by atoms with Gasteiger partial charge in [0.2, 0.25) is 5.91 Å². The molecule has 2 fully saturated rings. The number of alkyl halides is 1. The van der Waals surface area contributed by atoms with E-state index in [1.807, 2.05) is 12.1 Å². The number of hydrogen-bond acceptors (Lipinski definition) is 3. The maximum Gasteiger partial charge on any atom is 0.228 e. The number of halogens is 1. The fraction of sp³-hybridized carbons (Fsp3) is 0.400. The summed E-state index contributed by atoms with van der Waals surface area (Å²) in [7, 11) is 0. The molecular formula is C20H22FN3O. The lowest BCUT2D eigenvalue weighted by molar-refractivity contribution is -0.117. The summed E-state index contributed by atoms with van der Waals surface area (Å²) in [5.74, 6) is 0.814. The molecule has 2 aliphatic rings. The molecular weight excluding hydrogens is 317 g/mol. The van der Waals surface area contributed by atoms with Crippen LogP contribution in [0.3, 0.4) is 0 Å². The molecule has 0 unspecified atom stereocenters. The number of anilines is 2. The lowest BCUT2D eigenvalue weighted by Gasteiger charge is -2.20. The van der Waals surface area contributed by atoms with Crippen molar-refractivity contribution in [2.45, 2.75) is 32.4 Å². The topological polar surface area (TPSA) is 45.2 Å². The SMILES string of the molecule is Cc1cc(-c2ccnc(NC(=O)C3CC3)c2)ccc1N1CC[C@H](F)C1. The minimum atomic E-state index is -0.725. The van der Waals surface area contributed by atoms with Gasteiger partial charge in [-0.05, 0) is 67.1 Å². The molecule has 2 heterocycles. The Balaban J connectivity index is 1.55. The Morgan fingerprint density at radius 1 is 1.20 bits per heavy atom. The predicted octanol–water partition coefficient (Wildman–Crippen LogP) is 3.95. The first-order valence-corrected chi connectivity index (χ1v) is 8.87. The van der Waals surface area contributed by atoms with Crippen LogP contribution in [0, 0.1) is 12.8 Å². The van der Waals surface area contributed by atoms with Gasteiger partial charge < -0.3 is 10.2 Å². The molecule has 2 aromatic rings. The molecule has 1 aromatic carbocycles. The first-order chi connectivity index (χ1) is 12.1. The average Bonchev–Trinajstić information content (AvgIpc) is 3.37. The van der Waals surface area contributed by atoms with Crippen molar-refractivity contribution in [3.8, 4) is 11.1 Å². The molecule has 0 radical (unpaired) electrons. The molecule has 0 spiro atoms. The van der Waals surface area contributed by atoms with Gasteiger partial charge >= 0.3 is 0 Å². The summed E-state index contributed by atoms with van der Waals surface area (Å²) in [6.45, 7) is 3.31. The Hall–Kier alpha value is -2.43. The minimum absolute atomic E-state index is 0.0611. The zero-order chi connectivity index (χ0) is 17.4. The third kappa shape index (κ3) is 3.50. The fourth-order valence-corrected chi connectivity index (χ4v) is 3.38. The van der Waals surface area contributed by atoms with Crippen molar-refractivity contribution in [3.63, 3.8) is 0 Å². The van der Waals surface area contributed by atoms with E-state index in [9.17, 15) is 9.18 Å². The van der Waals surface area contributed by atoms with Gasteiger partial charge in [-0.15, -0.1) is 0 Å². The Kier molecular flexibility index (Phi) is 4.15. The number of nitrogens with one attached hydrogen (secondary N) is 1. The van der Waals surface area contributed by atoms with Crippen LogP contribution in [0.5, 0.6) is 0 Å². The maximum absolute atomic E-state index is 13.5. The van der Waals surface area contributed by atoms with E-state index >= 15 is 0 Å². The maximum atomic E-state index is 13.5. The van der Waals surface area contributed by atoms with Crippen molar-refractivity contribution in [1.82, 2.24) is 4.98 Å². The van der Waals surface area contributed by atoms with E-state index in [0.29, 0.717) is 18.8 Å². The molecule has 1 aromatic heterocycles. The summed E-state index contributed by atoms with van der Waals surface area (Å²) in [6, 6.07) is 10.1. The van der Waals surface area contributed by atoms with E-state index in [-0.39, 0.29) is 11.8 Å². The molecule has 5 heteroatoms. The van der Waals surface area contributed by atoms with E-state index in [1.54, 1.807) is 6.20 Å². The van der Waals surface area contributed by atoms with Gasteiger partial charge in [0.25, 0.3) is 0 Å². The number of hydrogen-bond donors (Lipinski definition) is 1. The Morgan fingerprint density at radius 2 is 2.00 bits per heavy atom. The standard InChI is InChI=1S/C20H22FN3O/c1-13-10-15(4-5-18(13)24-9-7-17(21)12-24)16-6-8-22-19(11-16)23-20(25)14-2-3-14/h4-6,8,10-11,14,17H,2-3,7,9,12H2,1H3,(H,22,23,25)/t17-/m0/s1. The lowest BCUT2D eigenvalue weighted by atomic mass is 10.0. The quantitative estimate of drug-likeness (QED) is 0.917. The molecule has 1 saturated carbocycles. The van der Waals surface area contributed by atoms with Gasteiger partial charge in [-0.3, -0.25) is 4.79 Å². The van der Waals surface area contributed by atoms with E-state index < -0.39 is 6.17 Å². The summed E-state index contributed by atoms with van der Waals surface area (Å²) in [5, 5.41) is 2.89. The predicted molar refractivity (Wildman–Crippen MR) is 97.5 cm³/mol. The number of nitrogens with zero attached hydrogens (tertiary/aromatic N) is 2. The molecule has 1 atom stereocenters. The van der Waals surface area contributed by atoms with Crippen molar-refractivity contribution >= 4 is 17.4 Å². The summed E-state index contributed by atoms with van der Waals surface area (Å²) < 4.78 is 13.5. The van der Waals surface area contributed by atoms with Gasteiger partial charge in [-0.1, -0.05) is 6.07 Å². The van der Waals surface area contributed by atoms with E-state index in [0.717, 1.165) is 41.8 Å². The first kappa shape index (κ1) is 16.1. The minimum Gasteiger partial charge on any atom is -0.368 e. The van der Waals surface area contributed by atoms with Crippen LogP contribution in [-0.4, -0.2) is 30.2 Å². The van der Waals surface area contributed by atoms with Crippen LogP contribution >= 0.6 is 0 Å². The zero-order valence-corrected chi connectivity index (χ0v) is 14.3. The monoisotopic (exact) mass is 339 g/mol. The lowest BCUT2D eigenvalue weighted by Crippen LogP contribution is -2.20. The van der Waals surface area contributed by atoms with Crippen molar-refractivity contribution in [3.05, 3.63) is 42.1 Å². The van der Waals surface area contributed by atoms with Crippen molar-refractivity contribution in [2.75, 3.05) is 23.3 Å². The molecule has 0 bridgehead atoms. The number of aromatic nitrogens is 1. The van der Waals surface area contributed by atoms with Crippen LogP contribution in [0.4, 0.5) is 15.9 Å². The highest BCUT2D eigenvalue weighted by Crippen LogP contribution is 2.32. The Morgan fingerprint density at radius 3 is 2.68 bits per heavy atom. The number of pyridine rings is 1. The van der Waals surface area contributed by atoms with Gasteiger partial charge in [0.15, 0.2) is 0 Å². The number of amides is 1. The third-order valence-corrected chi connectivity index (χ3v) is 4.96. The van der Waals surface area contributed by atoms with E-state index in [1.165, 1.54) is 0 Å². The van der Waals surface area contributed by atoms with Crippen molar-refractivity contribution < 1.29 is 9.18 Å². The van der Waals surface area contributed by atoms with Crippen LogP contribution < -0.4 is 10.2 Å².